The van der Waals surface area contributed by atoms with E-state index in [1.54, 1.807) is 26.0 Å². The second-order valence-corrected chi connectivity index (χ2v) is 11.9. The smallest absolute Gasteiger partial charge is 0.336 e. The van der Waals surface area contributed by atoms with Crippen LogP contribution < -0.4 is 16.0 Å². The molecule has 0 saturated heterocycles. The number of pyridine rings is 1. The Morgan fingerprint density at radius 3 is 2.53 bits per heavy atom. The van der Waals surface area contributed by atoms with Crippen LogP contribution in [0, 0.1) is 17.0 Å². The third-order valence-corrected chi connectivity index (χ3v) is 8.68. The van der Waals surface area contributed by atoms with Crippen molar-refractivity contribution >= 4 is 34.2 Å². The highest BCUT2D eigenvalue weighted by Gasteiger charge is 2.37. The Kier molecular flexibility index (Phi) is 9.80. The molecule has 0 bridgehead atoms. The van der Waals surface area contributed by atoms with Crippen molar-refractivity contribution in [2.75, 3.05) is 25.5 Å². The molecular formula is C35H41N5O5. The SMILES string of the molecule is COC(=O)C1=C(C)NC(C)=C(C(=O)NCCCCCNc2c3c(nc4cc(C)ccc24)CCCC3)C1c1cccc([N+](=O)[O-])c1. The lowest BCUT2D eigenvalue weighted by atomic mass is 9.80. The van der Waals surface area contributed by atoms with Gasteiger partial charge >= 0.3 is 5.97 Å². The topological polar surface area (TPSA) is 135 Å². The number of amides is 1. The number of hydrogen-bond acceptors (Lipinski definition) is 8. The summed E-state index contributed by atoms with van der Waals surface area (Å²) in [6, 6.07) is 12.5. The minimum absolute atomic E-state index is 0.116. The molecule has 2 aromatic carbocycles. The molecule has 1 aliphatic heterocycles. The van der Waals surface area contributed by atoms with Crippen LogP contribution in [0.3, 0.4) is 0 Å². The maximum absolute atomic E-state index is 13.6. The molecule has 2 heterocycles. The van der Waals surface area contributed by atoms with Crippen molar-refractivity contribution in [2.24, 2.45) is 0 Å². The third-order valence-electron chi connectivity index (χ3n) is 8.68. The first-order valence-corrected chi connectivity index (χ1v) is 15.6. The highest BCUT2D eigenvalue weighted by Crippen LogP contribution is 2.40. The van der Waals surface area contributed by atoms with Gasteiger partial charge in [-0.2, -0.15) is 0 Å². The van der Waals surface area contributed by atoms with Crippen molar-refractivity contribution in [3.8, 4) is 0 Å². The number of anilines is 1. The van der Waals surface area contributed by atoms with Gasteiger partial charge in [0, 0.05) is 59.0 Å². The zero-order valence-corrected chi connectivity index (χ0v) is 26.4. The van der Waals surface area contributed by atoms with Crippen LogP contribution >= 0.6 is 0 Å². The molecule has 1 aliphatic carbocycles. The van der Waals surface area contributed by atoms with Gasteiger partial charge in [-0.1, -0.05) is 24.3 Å². The summed E-state index contributed by atoms with van der Waals surface area (Å²) in [5.41, 5.74) is 8.11. The zero-order chi connectivity index (χ0) is 32.1. The van der Waals surface area contributed by atoms with Crippen molar-refractivity contribution in [2.45, 2.75) is 71.6 Å². The van der Waals surface area contributed by atoms with Crippen LogP contribution in [0.15, 0.2) is 65.0 Å². The lowest BCUT2D eigenvalue weighted by Crippen LogP contribution is -2.36. The number of aromatic nitrogens is 1. The van der Waals surface area contributed by atoms with E-state index in [-0.39, 0.29) is 17.2 Å². The number of carbonyl (C=O) groups is 2. The average molecular weight is 612 g/mol. The van der Waals surface area contributed by atoms with E-state index >= 15 is 0 Å². The van der Waals surface area contributed by atoms with Gasteiger partial charge in [0.25, 0.3) is 5.69 Å². The number of aryl methyl sites for hydroxylation is 2. The van der Waals surface area contributed by atoms with Gasteiger partial charge < -0.3 is 20.7 Å². The second-order valence-electron chi connectivity index (χ2n) is 11.9. The summed E-state index contributed by atoms with van der Waals surface area (Å²) in [4.78, 5) is 42.5. The highest BCUT2D eigenvalue weighted by atomic mass is 16.6. The van der Waals surface area contributed by atoms with E-state index in [9.17, 15) is 19.7 Å². The van der Waals surface area contributed by atoms with E-state index in [4.69, 9.17) is 9.72 Å². The van der Waals surface area contributed by atoms with E-state index in [1.807, 2.05) is 0 Å². The molecule has 1 amide bonds. The molecule has 1 unspecified atom stereocenters. The van der Waals surface area contributed by atoms with Crippen LogP contribution in [0.25, 0.3) is 10.9 Å². The Balaban J connectivity index is 1.22. The minimum Gasteiger partial charge on any atom is -0.466 e. The molecule has 0 radical (unpaired) electrons. The third kappa shape index (κ3) is 6.84. The summed E-state index contributed by atoms with van der Waals surface area (Å²) in [6.07, 6.45) is 7.07. The average Bonchev–Trinajstić information content (AvgIpc) is 3.02. The summed E-state index contributed by atoms with van der Waals surface area (Å²) < 4.78 is 5.05. The number of nitro benzene ring substituents is 1. The number of rotatable bonds is 11. The largest absolute Gasteiger partial charge is 0.466 e. The fourth-order valence-corrected chi connectivity index (χ4v) is 6.50. The van der Waals surface area contributed by atoms with Crippen molar-refractivity contribution in [1.29, 1.82) is 0 Å². The van der Waals surface area contributed by atoms with Gasteiger partial charge in [0.15, 0.2) is 0 Å². The summed E-state index contributed by atoms with van der Waals surface area (Å²) in [7, 11) is 1.28. The molecule has 10 nitrogen and oxygen atoms in total. The minimum atomic E-state index is -0.812. The molecule has 0 fully saturated rings. The molecule has 5 rings (SSSR count). The number of fused-ring (bicyclic) bond motifs is 2. The maximum atomic E-state index is 13.6. The Bertz CT molecular complexity index is 1710. The summed E-state index contributed by atoms with van der Waals surface area (Å²) >= 11 is 0. The van der Waals surface area contributed by atoms with Crippen LogP contribution in [-0.4, -0.2) is 42.0 Å². The first kappa shape index (κ1) is 31.7. The highest BCUT2D eigenvalue weighted by molar-refractivity contribution is 6.02. The number of nitro groups is 1. The van der Waals surface area contributed by atoms with Gasteiger partial charge in [-0.05, 0) is 88.5 Å². The van der Waals surface area contributed by atoms with E-state index in [0.29, 0.717) is 29.1 Å². The predicted octanol–water partition coefficient (Wildman–Crippen LogP) is 6.14. The number of non-ortho nitro benzene ring substituents is 1. The number of esters is 1. The van der Waals surface area contributed by atoms with Crippen LogP contribution in [0.4, 0.5) is 11.4 Å². The summed E-state index contributed by atoms with van der Waals surface area (Å²) in [5.74, 6) is -1.73. The standard InChI is InChI=1S/C35H41N5O5/c1-21-15-16-27-29(19-21)39-28-14-7-6-13-26(28)33(27)36-17-8-5-9-18-37-34(41)30-22(2)38-23(3)31(35(42)45-4)32(30)24-11-10-12-25(20-24)40(43)44/h10-12,15-16,19-20,32,38H,5-9,13-14,17-18H2,1-4H3,(H,36,39)(H,37,41). The van der Waals surface area contributed by atoms with Crippen molar-refractivity contribution in [3.63, 3.8) is 0 Å². The number of ether oxygens (including phenoxy) is 1. The molecule has 1 aromatic heterocycles. The lowest BCUT2D eigenvalue weighted by molar-refractivity contribution is -0.384. The number of unbranched alkanes of at least 4 members (excludes halogenated alkanes) is 2. The first-order valence-electron chi connectivity index (χ1n) is 15.6. The number of dihydropyridines is 1. The molecule has 3 aromatic rings. The van der Waals surface area contributed by atoms with Gasteiger partial charge in [-0.25, -0.2) is 4.79 Å². The Morgan fingerprint density at radius 1 is 1.00 bits per heavy atom. The fourth-order valence-electron chi connectivity index (χ4n) is 6.50. The van der Waals surface area contributed by atoms with Crippen molar-refractivity contribution in [3.05, 3.63) is 97.5 Å². The van der Waals surface area contributed by atoms with Crippen LogP contribution in [0.1, 0.15) is 74.3 Å². The van der Waals surface area contributed by atoms with Gasteiger partial charge in [-0.15, -0.1) is 0 Å². The molecule has 2 aliphatic rings. The van der Waals surface area contributed by atoms with Crippen LogP contribution in [0.2, 0.25) is 0 Å². The van der Waals surface area contributed by atoms with Crippen LogP contribution in [0.5, 0.6) is 0 Å². The molecular weight excluding hydrogens is 570 g/mol. The quantitative estimate of drug-likeness (QED) is 0.102. The summed E-state index contributed by atoms with van der Waals surface area (Å²) in [6.45, 7) is 6.88. The zero-order valence-electron chi connectivity index (χ0n) is 26.4. The van der Waals surface area contributed by atoms with Gasteiger partial charge in [0.1, 0.15) is 0 Å². The van der Waals surface area contributed by atoms with E-state index in [0.717, 1.165) is 44.2 Å². The van der Waals surface area contributed by atoms with Crippen LogP contribution in [-0.2, 0) is 27.2 Å². The molecule has 0 saturated carbocycles. The van der Waals surface area contributed by atoms with E-state index in [2.05, 4.69) is 41.1 Å². The number of allylic oxidation sites excluding steroid dienone is 2. The van der Waals surface area contributed by atoms with Gasteiger partial charge in [0.05, 0.1) is 29.0 Å². The van der Waals surface area contributed by atoms with Gasteiger partial charge in [-0.3, -0.25) is 19.9 Å². The normalized spacial score (nSPS) is 16.2. The Morgan fingerprint density at radius 2 is 1.76 bits per heavy atom. The number of nitrogens with zero attached hydrogens (tertiary/aromatic N) is 2. The number of benzene rings is 2. The number of methoxy groups -OCH3 is 1. The molecule has 45 heavy (non-hydrogen) atoms. The van der Waals surface area contributed by atoms with E-state index < -0.39 is 16.8 Å². The Labute approximate surface area is 263 Å². The monoisotopic (exact) mass is 611 g/mol. The molecule has 236 valence electrons. The van der Waals surface area contributed by atoms with Gasteiger partial charge in [0.2, 0.25) is 5.91 Å². The number of hydrogen-bond donors (Lipinski definition) is 3. The molecule has 3 N–H and O–H groups in total. The van der Waals surface area contributed by atoms with Crippen molar-refractivity contribution in [1.82, 2.24) is 15.6 Å². The van der Waals surface area contributed by atoms with E-state index in [1.165, 1.54) is 60.0 Å². The summed E-state index contributed by atoms with van der Waals surface area (Å²) in [5, 5.41) is 22.5. The predicted molar refractivity (Wildman–Crippen MR) is 175 cm³/mol. The molecule has 1 atom stereocenters. The molecule has 0 spiro atoms. The molecule has 10 heteroatoms. The first-order chi connectivity index (χ1) is 21.7. The van der Waals surface area contributed by atoms with Crippen molar-refractivity contribution < 1.29 is 19.2 Å². The number of carbonyl (C=O) groups excluding carboxylic acids is 2. The number of nitrogens with one attached hydrogen (secondary N) is 3. The fraction of sp³-hybridized carbons (Fsp3) is 0.400. The Hall–Kier alpha value is -4.73. The second kappa shape index (κ2) is 13.9. The lowest BCUT2D eigenvalue weighted by Gasteiger charge is -2.30. The maximum Gasteiger partial charge on any atom is 0.336 e.